The van der Waals surface area contributed by atoms with Crippen molar-refractivity contribution in [2.45, 2.75) is 31.7 Å². The van der Waals surface area contributed by atoms with Gasteiger partial charge < -0.3 is 0 Å². The average molecular weight is 260 g/mol. The molecule has 1 aromatic rings. The Hall–Kier alpha value is -1.19. The molecule has 0 atom stereocenters. The van der Waals surface area contributed by atoms with Gasteiger partial charge in [-0.2, -0.15) is 10.4 Å². The number of hydrogen-bond donors (Lipinski definition) is 0. The van der Waals surface area contributed by atoms with Gasteiger partial charge >= 0.3 is 0 Å². The van der Waals surface area contributed by atoms with Crippen LogP contribution in [0.2, 0.25) is 0 Å². The fourth-order valence-electron chi connectivity index (χ4n) is 1.44. The normalized spacial score (nSPS) is 11.1. The number of rotatable bonds is 3. The quantitative estimate of drug-likeness (QED) is 0.766. The lowest BCUT2D eigenvalue weighted by atomic mass is 10.1. The van der Waals surface area contributed by atoms with Crippen molar-refractivity contribution in [3.8, 4) is 6.07 Å². The molecule has 86 valence electrons. The van der Waals surface area contributed by atoms with Gasteiger partial charge in [-0.3, -0.25) is 0 Å². The molecular formula is C9H10ClN3O2S. The Morgan fingerprint density at radius 3 is 2.31 bits per heavy atom. The first kappa shape index (κ1) is 12.9. The second-order valence-corrected chi connectivity index (χ2v) is 5.54. The largest absolute Gasteiger partial charge is 0.281 e. The van der Waals surface area contributed by atoms with E-state index in [0.717, 1.165) is 0 Å². The van der Waals surface area contributed by atoms with Crippen LogP contribution in [0.25, 0.3) is 0 Å². The molecule has 0 saturated heterocycles. The van der Waals surface area contributed by atoms with Gasteiger partial charge in [0.2, 0.25) is 5.03 Å². The van der Waals surface area contributed by atoms with E-state index in [1.165, 1.54) is 0 Å². The summed E-state index contributed by atoms with van der Waals surface area (Å²) in [4.78, 5) is 0. The summed E-state index contributed by atoms with van der Waals surface area (Å²) in [5.74, 6) is 0. The number of hydrogen-bond acceptors (Lipinski definition) is 5. The van der Waals surface area contributed by atoms with Crippen molar-refractivity contribution in [3.05, 3.63) is 16.8 Å². The van der Waals surface area contributed by atoms with E-state index in [0.29, 0.717) is 24.1 Å². The standard InChI is InChI=1S/C9H10ClN3O2S/c1-3-6-7(5-11)9(16(10,14)15)13-12-8(6)4-2/h3-4H2,1-2H3. The lowest BCUT2D eigenvalue weighted by Gasteiger charge is -2.07. The van der Waals surface area contributed by atoms with Crippen LogP contribution in [0.3, 0.4) is 0 Å². The van der Waals surface area contributed by atoms with E-state index in [1.54, 1.807) is 0 Å². The molecule has 1 rings (SSSR count). The third kappa shape index (κ3) is 2.31. The fraction of sp³-hybridized carbons (Fsp3) is 0.444. The maximum atomic E-state index is 11.2. The van der Waals surface area contributed by atoms with Crippen LogP contribution < -0.4 is 0 Å². The zero-order valence-corrected chi connectivity index (χ0v) is 10.4. The van der Waals surface area contributed by atoms with Crippen LogP contribution in [0.5, 0.6) is 0 Å². The summed E-state index contributed by atoms with van der Waals surface area (Å²) in [5, 5.41) is 15.8. The van der Waals surface area contributed by atoms with E-state index in [1.807, 2.05) is 19.9 Å². The number of aryl methyl sites for hydroxylation is 1. The minimum Gasteiger partial charge on any atom is -0.205 e. The average Bonchev–Trinajstić information content (AvgIpc) is 2.25. The minimum absolute atomic E-state index is 0.00403. The third-order valence-corrected chi connectivity index (χ3v) is 3.34. The minimum atomic E-state index is -4.03. The van der Waals surface area contributed by atoms with Crippen LogP contribution in [0.4, 0.5) is 0 Å². The monoisotopic (exact) mass is 259 g/mol. The molecule has 0 aliphatic rings. The molecule has 0 radical (unpaired) electrons. The van der Waals surface area contributed by atoms with E-state index in [9.17, 15) is 8.42 Å². The van der Waals surface area contributed by atoms with Gasteiger partial charge in [0.15, 0.2) is 0 Å². The molecule has 5 nitrogen and oxygen atoms in total. The number of nitriles is 1. The van der Waals surface area contributed by atoms with Gasteiger partial charge in [-0.15, -0.1) is 5.10 Å². The molecule has 1 heterocycles. The zero-order valence-electron chi connectivity index (χ0n) is 8.86. The number of nitrogens with zero attached hydrogens (tertiary/aromatic N) is 3. The van der Waals surface area contributed by atoms with Gasteiger partial charge in [0.05, 0.1) is 11.3 Å². The summed E-state index contributed by atoms with van der Waals surface area (Å²) in [7, 11) is 1.16. The van der Waals surface area contributed by atoms with Crippen LogP contribution in [0.1, 0.15) is 30.7 Å². The Morgan fingerprint density at radius 1 is 1.31 bits per heavy atom. The van der Waals surface area contributed by atoms with Crippen molar-refractivity contribution < 1.29 is 8.42 Å². The van der Waals surface area contributed by atoms with Crippen LogP contribution in [0, 0.1) is 11.3 Å². The first-order valence-electron chi connectivity index (χ1n) is 4.68. The van der Waals surface area contributed by atoms with E-state index >= 15 is 0 Å². The second kappa shape index (κ2) is 4.76. The summed E-state index contributed by atoms with van der Waals surface area (Å²) < 4.78 is 22.4. The molecule has 0 aromatic carbocycles. The first-order chi connectivity index (χ1) is 7.45. The predicted molar refractivity (Wildman–Crippen MR) is 58.5 cm³/mol. The molecule has 0 spiro atoms. The summed E-state index contributed by atoms with van der Waals surface area (Å²) in [6.07, 6.45) is 1.11. The van der Waals surface area contributed by atoms with Gasteiger partial charge in [0.1, 0.15) is 6.07 Å². The zero-order chi connectivity index (χ0) is 12.3. The summed E-state index contributed by atoms with van der Waals surface area (Å²) in [6.45, 7) is 3.68. The highest BCUT2D eigenvalue weighted by atomic mass is 35.7. The van der Waals surface area contributed by atoms with Crippen molar-refractivity contribution in [2.75, 3.05) is 0 Å². The van der Waals surface area contributed by atoms with Crippen molar-refractivity contribution in [3.63, 3.8) is 0 Å². The Kier molecular flexibility index (Phi) is 3.83. The maximum Gasteiger partial charge on any atom is 0.281 e. The van der Waals surface area contributed by atoms with Crippen molar-refractivity contribution >= 4 is 19.7 Å². The van der Waals surface area contributed by atoms with Gasteiger partial charge in [0.25, 0.3) is 9.05 Å². The van der Waals surface area contributed by atoms with E-state index in [-0.39, 0.29) is 5.56 Å². The second-order valence-electron chi connectivity index (χ2n) is 3.06. The lowest BCUT2D eigenvalue weighted by Crippen LogP contribution is -2.09. The van der Waals surface area contributed by atoms with Gasteiger partial charge in [-0.1, -0.05) is 13.8 Å². The molecule has 0 amide bonds. The highest BCUT2D eigenvalue weighted by Gasteiger charge is 2.22. The lowest BCUT2D eigenvalue weighted by molar-refractivity contribution is 0.602. The third-order valence-electron chi connectivity index (χ3n) is 2.16. The van der Waals surface area contributed by atoms with Crippen molar-refractivity contribution in [1.29, 1.82) is 5.26 Å². The van der Waals surface area contributed by atoms with Crippen molar-refractivity contribution in [2.24, 2.45) is 0 Å². The van der Waals surface area contributed by atoms with Gasteiger partial charge in [0, 0.05) is 10.7 Å². The Balaban J connectivity index is 3.65. The smallest absolute Gasteiger partial charge is 0.205 e. The highest BCUT2D eigenvalue weighted by Crippen LogP contribution is 2.22. The summed E-state index contributed by atoms with van der Waals surface area (Å²) >= 11 is 0. The van der Waals surface area contributed by atoms with E-state index < -0.39 is 14.1 Å². The molecule has 0 N–H and O–H groups in total. The van der Waals surface area contributed by atoms with Gasteiger partial charge in [-0.05, 0) is 18.4 Å². The predicted octanol–water partition coefficient (Wildman–Crippen LogP) is 1.40. The molecule has 0 unspecified atom stereocenters. The Labute approximate surface area is 98.5 Å². The number of halogens is 1. The summed E-state index contributed by atoms with van der Waals surface area (Å²) in [5.41, 5.74) is 1.23. The molecule has 1 aromatic heterocycles. The molecule has 0 aliphatic carbocycles. The molecule has 0 fully saturated rings. The molecule has 0 aliphatic heterocycles. The highest BCUT2D eigenvalue weighted by molar-refractivity contribution is 8.13. The molecular weight excluding hydrogens is 250 g/mol. The van der Waals surface area contributed by atoms with Gasteiger partial charge in [-0.25, -0.2) is 8.42 Å². The first-order valence-corrected chi connectivity index (χ1v) is 6.99. The fourth-order valence-corrected chi connectivity index (χ4v) is 2.32. The SMILES string of the molecule is CCc1nnc(S(=O)(=O)Cl)c(C#N)c1CC. The topological polar surface area (TPSA) is 83.7 Å². The summed E-state index contributed by atoms with van der Waals surface area (Å²) in [6, 6.07) is 1.83. The van der Waals surface area contributed by atoms with E-state index in [2.05, 4.69) is 10.2 Å². The Morgan fingerprint density at radius 2 is 1.94 bits per heavy atom. The number of aromatic nitrogens is 2. The maximum absolute atomic E-state index is 11.2. The van der Waals surface area contributed by atoms with Crippen LogP contribution in [-0.2, 0) is 21.9 Å². The van der Waals surface area contributed by atoms with Crippen LogP contribution in [0.15, 0.2) is 5.03 Å². The molecule has 0 saturated carbocycles. The Bertz CT molecular complexity index is 549. The molecule has 7 heteroatoms. The van der Waals surface area contributed by atoms with Crippen LogP contribution >= 0.6 is 10.7 Å². The van der Waals surface area contributed by atoms with Crippen LogP contribution in [-0.4, -0.2) is 18.6 Å². The van der Waals surface area contributed by atoms with Crippen molar-refractivity contribution in [1.82, 2.24) is 10.2 Å². The molecule has 0 bridgehead atoms. The molecule has 16 heavy (non-hydrogen) atoms. The van der Waals surface area contributed by atoms with E-state index in [4.69, 9.17) is 15.9 Å².